The standard InChI is InChI=1S/C14H21NO3/c1-17-13-9-12(16)8-10(14(13)18-2)7-11-5-3-4-6-15-11/h8-9,11,15-16H,3-7H2,1-2H3. The molecule has 1 aliphatic rings. The first-order valence-electron chi connectivity index (χ1n) is 6.42. The van der Waals surface area contributed by atoms with Gasteiger partial charge in [0.1, 0.15) is 5.75 Å². The Balaban J connectivity index is 2.21. The fourth-order valence-electron chi connectivity index (χ4n) is 2.54. The van der Waals surface area contributed by atoms with E-state index in [0.29, 0.717) is 11.8 Å². The van der Waals surface area contributed by atoms with Crippen LogP contribution in [-0.2, 0) is 6.42 Å². The second-order valence-corrected chi connectivity index (χ2v) is 4.69. The van der Waals surface area contributed by atoms with E-state index in [1.807, 2.05) is 0 Å². The maximum Gasteiger partial charge on any atom is 0.164 e. The third-order valence-corrected chi connectivity index (χ3v) is 3.42. The van der Waals surface area contributed by atoms with Gasteiger partial charge in [0.05, 0.1) is 14.2 Å². The summed E-state index contributed by atoms with van der Waals surface area (Å²) >= 11 is 0. The zero-order valence-electron chi connectivity index (χ0n) is 11.0. The number of phenols is 1. The molecular weight excluding hydrogens is 230 g/mol. The average Bonchev–Trinajstić information content (AvgIpc) is 2.39. The van der Waals surface area contributed by atoms with E-state index in [2.05, 4.69) is 5.32 Å². The molecule has 1 aliphatic heterocycles. The van der Waals surface area contributed by atoms with Crippen LogP contribution >= 0.6 is 0 Å². The number of hydrogen-bond donors (Lipinski definition) is 2. The third kappa shape index (κ3) is 2.88. The number of ether oxygens (including phenoxy) is 2. The maximum absolute atomic E-state index is 9.72. The number of aromatic hydroxyl groups is 1. The molecule has 0 saturated carbocycles. The zero-order chi connectivity index (χ0) is 13.0. The van der Waals surface area contributed by atoms with Crippen molar-refractivity contribution in [2.24, 2.45) is 0 Å². The Morgan fingerprint density at radius 1 is 1.28 bits per heavy atom. The molecule has 100 valence electrons. The Bertz CT molecular complexity index is 400. The number of hydrogen-bond acceptors (Lipinski definition) is 4. The van der Waals surface area contributed by atoms with Crippen LogP contribution in [0.15, 0.2) is 12.1 Å². The molecule has 2 N–H and O–H groups in total. The van der Waals surface area contributed by atoms with E-state index in [1.54, 1.807) is 26.4 Å². The molecule has 4 heteroatoms. The molecule has 1 unspecified atom stereocenters. The van der Waals surface area contributed by atoms with Crippen molar-refractivity contribution in [1.29, 1.82) is 0 Å². The molecule has 0 spiro atoms. The molecule has 1 fully saturated rings. The molecule has 2 rings (SSSR count). The average molecular weight is 251 g/mol. The highest BCUT2D eigenvalue weighted by molar-refractivity contribution is 5.51. The summed E-state index contributed by atoms with van der Waals surface area (Å²) in [6.45, 7) is 1.07. The fourth-order valence-corrected chi connectivity index (χ4v) is 2.54. The summed E-state index contributed by atoms with van der Waals surface area (Å²) in [6.07, 6.45) is 4.53. The van der Waals surface area contributed by atoms with E-state index in [0.717, 1.165) is 24.3 Å². The van der Waals surface area contributed by atoms with Crippen LogP contribution in [0, 0.1) is 0 Å². The van der Waals surface area contributed by atoms with Crippen LogP contribution in [0.5, 0.6) is 17.2 Å². The van der Waals surface area contributed by atoms with Gasteiger partial charge in [0.25, 0.3) is 0 Å². The van der Waals surface area contributed by atoms with Gasteiger partial charge in [-0.05, 0) is 31.9 Å². The Morgan fingerprint density at radius 3 is 2.72 bits per heavy atom. The lowest BCUT2D eigenvalue weighted by molar-refractivity contribution is 0.342. The van der Waals surface area contributed by atoms with Crippen molar-refractivity contribution in [3.8, 4) is 17.2 Å². The van der Waals surface area contributed by atoms with Gasteiger partial charge in [0.2, 0.25) is 0 Å². The van der Waals surface area contributed by atoms with Gasteiger partial charge in [-0.1, -0.05) is 6.42 Å². The van der Waals surface area contributed by atoms with Crippen LogP contribution in [0.2, 0.25) is 0 Å². The monoisotopic (exact) mass is 251 g/mol. The summed E-state index contributed by atoms with van der Waals surface area (Å²) in [6, 6.07) is 3.80. The lowest BCUT2D eigenvalue weighted by atomic mass is 9.97. The largest absolute Gasteiger partial charge is 0.508 e. The Kier molecular flexibility index (Phi) is 4.31. The molecule has 18 heavy (non-hydrogen) atoms. The predicted octanol–water partition coefficient (Wildman–Crippen LogP) is 2.09. The molecule has 4 nitrogen and oxygen atoms in total. The molecule has 1 aromatic carbocycles. The summed E-state index contributed by atoms with van der Waals surface area (Å²) in [4.78, 5) is 0. The molecule has 0 bridgehead atoms. The van der Waals surface area contributed by atoms with Crippen LogP contribution in [0.1, 0.15) is 24.8 Å². The number of piperidine rings is 1. The van der Waals surface area contributed by atoms with Gasteiger partial charge >= 0.3 is 0 Å². The van der Waals surface area contributed by atoms with E-state index in [-0.39, 0.29) is 5.75 Å². The number of phenolic OH excluding ortho intramolecular Hbond substituents is 1. The first-order valence-corrected chi connectivity index (χ1v) is 6.42. The summed E-state index contributed by atoms with van der Waals surface area (Å²) in [5.41, 5.74) is 0.994. The van der Waals surface area contributed by atoms with Crippen molar-refractivity contribution >= 4 is 0 Å². The normalized spacial score (nSPS) is 19.6. The zero-order valence-corrected chi connectivity index (χ0v) is 11.0. The molecule has 1 heterocycles. The van der Waals surface area contributed by atoms with Gasteiger partial charge in [-0.15, -0.1) is 0 Å². The van der Waals surface area contributed by atoms with Crippen molar-refractivity contribution in [2.75, 3.05) is 20.8 Å². The van der Waals surface area contributed by atoms with Crippen LogP contribution in [-0.4, -0.2) is 31.9 Å². The number of nitrogens with one attached hydrogen (secondary N) is 1. The minimum atomic E-state index is 0.221. The smallest absolute Gasteiger partial charge is 0.164 e. The molecule has 1 aromatic rings. The van der Waals surface area contributed by atoms with Crippen LogP contribution in [0.4, 0.5) is 0 Å². The molecule has 0 aromatic heterocycles. The first-order chi connectivity index (χ1) is 8.74. The molecular formula is C14H21NO3. The van der Waals surface area contributed by atoms with Gasteiger partial charge in [0, 0.05) is 17.7 Å². The SMILES string of the molecule is COc1cc(O)cc(CC2CCCCN2)c1OC. The minimum Gasteiger partial charge on any atom is -0.508 e. The molecule has 1 atom stereocenters. The number of rotatable bonds is 4. The fraction of sp³-hybridized carbons (Fsp3) is 0.571. The Morgan fingerprint density at radius 2 is 2.11 bits per heavy atom. The summed E-state index contributed by atoms with van der Waals surface area (Å²) in [5.74, 6) is 1.53. The third-order valence-electron chi connectivity index (χ3n) is 3.42. The van der Waals surface area contributed by atoms with Crippen molar-refractivity contribution in [2.45, 2.75) is 31.7 Å². The van der Waals surface area contributed by atoms with Crippen LogP contribution in [0.25, 0.3) is 0 Å². The van der Waals surface area contributed by atoms with Gasteiger partial charge in [-0.3, -0.25) is 0 Å². The molecule has 0 amide bonds. The predicted molar refractivity (Wildman–Crippen MR) is 70.6 cm³/mol. The summed E-state index contributed by atoms with van der Waals surface area (Å²) in [7, 11) is 3.21. The lowest BCUT2D eigenvalue weighted by Gasteiger charge is -2.24. The summed E-state index contributed by atoms with van der Waals surface area (Å²) < 4.78 is 10.6. The lowest BCUT2D eigenvalue weighted by Crippen LogP contribution is -2.35. The second-order valence-electron chi connectivity index (χ2n) is 4.69. The van der Waals surface area contributed by atoms with Gasteiger partial charge in [-0.2, -0.15) is 0 Å². The van der Waals surface area contributed by atoms with Crippen LogP contribution < -0.4 is 14.8 Å². The van der Waals surface area contributed by atoms with Crippen molar-refractivity contribution in [3.05, 3.63) is 17.7 Å². The van der Waals surface area contributed by atoms with Crippen molar-refractivity contribution in [1.82, 2.24) is 5.32 Å². The van der Waals surface area contributed by atoms with Crippen LogP contribution in [0.3, 0.4) is 0 Å². The highest BCUT2D eigenvalue weighted by atomic mass is 16.5. The highest BCUT2D eigenvalue weighted by Crippen LogP contribution is 2.36. The van der Waals surface area contributed by atoms with E-state index >= 15 is 0 Å². The number of methoxy groups -OCH3 is 2. The van der Waals surface area contributed by atoms with E-state index in [4.69, 9.17) is 9.47 Å². The molecule has 0 aliphatic carbocycles. The van der Waals surface area contributed by atoms with Gasteiger partial charge in [0.15, 0.2) is 11.5 Å². The minimum absolute atomic E-state index is 0.221. The van der Waals surface area contributed by atoms with E-state index in [1.165, 1.54) is 19.3 Å². The van der Waals surface area contributed by atoms with E-state index in [9.17, 15) is 5.11 Å². The topological polar surface area (TPSA) is 50.7 Å². The number of benzene rings is 1. The Labute approximate surface area is 108 Å². The Hall–Kier alpha value is -1.42. The maximum atomic E-state index is 9.72. The quantitative estimate of drug-likeness (QED) is 0.860. The second kappa shape index (κ2) is 5.96. The summed E-state index contributed by atoms with van der Waals surface area (Å²) in [5, 5.41) is 13.2. The van der Waals surface area contributed by atoms with Crippen molar-refractivity contribution < 1.29 is 14.6 Å². The van der Waals surface area contributed by atoms with E-state index < -0.39 is 0 Å². The first kappa shape index (κ1) is 13.0. The molecule has 0 radical (unpaired) electrons. The van der Waals surface area contributed by atoms with Gasteiger partial charge in [-0.25, -0.2) is 0 Å². The molecule has 1 saturated heterocycles. The van der Waals surface area contributed by atoms with Gasteiger partial charge < -0.3 is 19.9 Å². The van der Waals surface area contributed by atoms with Crippen molar-refractivity contribution in [3.63, 3.8) is 0 Å². The highest BCUT2D eigenvalue weighted by Gasteiger charge is 2.18.